The molecule has 88 valence electrons. The first-order valence-electron chi connectivity index (χ1n) is 4.30. The van der Waals surface area contributed by atoms with E-state index in [1.54, 1.807) is 0 Å². The summed E-state index contributed by atoms with van der Waals surface area (Å²) in [5.74, 6) is -3.32. The predicted molar refractivity (Wildman–Crippen MR) is 51.4 cm³/mol. The highest BCUT2D eigenvalue weighted by molar-refractivity contribution is 6.65. The maximum atomic E-state index is 13.5. The van der Waals surface area contributed by atoms with Crippen molar-refractivity contribution in [2.24, 2.45) is 0 Å². The summed E-state index contributed by atoms with van der Waals surface area (Å²) in [6, 6.07) is 0. The summed E-state index contributed by atoms with van der Waals surface area (Å²) in [5, 5.41) is 41.9. The van der Waals surface area contributed by atoms with E-state index in [-0.39, 0.29) is 0 Å². The fraction of sp³-hybridized carbons (Fsp3) is 0. The van der Waals surface area contributed by atoms with Gasteiger partial charge in [-0.05, 0) is 0 Å². The minimum Gasteiger partial charge on any atom is -0.423 e. The molecule has 0 fully saturated rings. The molecule has 0 radical (unpaired) electrons. The molecule has 0 bridgehead atoms. The first kappa shape index (κ1) is 11.9. The number of halogens is 2. The Morgan fingerprint density at radius 2 is 1.18 bits per heavy atom. The molecule has 0 amide bonds. The Kier molecular flexibility index (Phi) is 2.83. The quantitative estimate of drug-likeness (QED) is 0.412. The monoisotopic (exact) mass is 244 g/mol. The second kappa shape index (κ2) is 4.04. The molecule has 2 aromatic rings. The molecule has 0 spiro atoms. The van der Waals surface area contributed by atoms with E-state index in [1.165, 1.54) is 0 Å². The molecule has 4 N–H and O–H groups in total. The summed E-state index contributed by atoms with van der Waals surface area (Å²) in [5.41, 5.74) is -2.77. The molecule has 0 atom stereocenters. The average molecular weight is 244 g/mol. The Balaban J connectivity index is 2.92. The van der Waals surface area contributed by atoms with Gasteiger partial charge in [0.2, 0.25) is 0 Å². The van der Waals surface area contributed by atoms with Crippen LogP contribution in [0.5, 0.6) is 0 Å². The van der Waals surface area contributed by atoms with E-state index >= 15 is 0 Å². The molecule has 0 aliphatic rings. The van der Waals surface area contributed by atoms with Gasteiger partial charge in [-0.15, -0.1) is 0 Å². The van der Waals surface area contributed by atoms with E-state index in [0.717, 1.165) is 0 Å². The lowest BCUT2D eigenvalue weighted by Crippen LogP contribution is -2.41. The number of hydrogen-bond acceptors (Lipinski definition) is 7. The molecule has 0 aliphatic heterocycles. The zero-order chi connectivity index (χ0) is 12.7. The zero-order valence-corrected chi connectivity index (χ0v) is 8.00. The van der Waals surface area contributed by atoms with Crippen LogP contribution in [-0.2, 0) is 0 Å². The molecule has 1 aromatic heterocycles. The molecular weight excluding hydrogens is 240 g/mol. The van der Waals surface area contributed by atoms with Crippen molar-refractivity contribution in [2.45, 2.75) is 0 Å². The van der Waals surface area contributed by atoms with Crippen molar-refractivity contribution in [3.8, 4) is 0 Å². The molecule has 0 unspecified atom stereocenters. The second-order valence-electron chi connectivity index (χ2n) is 3.16. The van der Waals surface area contributed by atoms with Gasteiger partial charge < -0.3 is 20.1 Å². The predicted octanol–water partition coefficient (Wildman–Crippen LogP) is -3.14. The number of nitrogens with zero attached hydrogens (tertiary/aromatic N) is 2. The van der Waals surface area contributed by atoms with Gasteiger partial charge in [0.05, 0.1) is 10.9 Å². The fourth-order valence-electron chi connectivity index (χ4n) is 1.46. The van der Waals surface area contributed by atoms with Gasteiger partial charge >= 0.3 is 14.2 Å². The molecule has 11 heteroatoms. The number of rotatable bonds is 2. The highest BCUT2D eigenvalue weighted by Gasteiger charge is 2.33. The van der Waals surface area contributed by atoms with E-state index in [9.17, 15) is 8.78 Å². The molecule has 17 heavy (non-hydrogen) atoms. The Morgan fingerprint density at radius 1 is 0.824 bits per heavy atom. The van der Waals surface area contributed by atoms with Crippen molar-refractivity contribution in [2.75, 3.05) is 0 Å². The van der Waals surface area contributed by atoms with Gasteiger partial charge in [-0.1, -0.05) is 10.3 Å². The van der Waals surface area contributed by atoms with Crippen LogP contribution in [0.3, 0.4) is 0 Å². The normalized spacial score (nSPS) is 10.9. The molecule has 1 aromatic carbocycles. The zero-order valence-electron chi connectivity index (χ0n) is 8.00. The molecular formula is C6H4B2F2N2O5. The van der Waals surface area contributed by atoms with Gasteiger partial charge in [-0.25, -0.2) is 13.4 Å². The SMILES string of the molecule is OB(O)c1c(F)c(F)c(B(O)O)c2nonc12. The topological polar surface area (TPSA) is 120 Å². The maximum absolute atomic E-state index is 13.5. The van der Waals surface area contributed by atoms with Crippen LogP contribution < -0.4 is 10.9 Å². The van der Waals surface area contributed by atoms with E-state index in [1.807, 2.05) is 0 Å². The van der Waals surface area contributed by atoms with Crippen LogP contribution >= 0.6 is 0 Å². The number of hydrogen-bond donors (Lipinski definition) is 4. The first-order chi connectivity index (χ1) is 7.95. The van der Waals surface area contributed by atoms with E-state index in [4.69, 9.17) is 20.1 Å². The van der Waals surface area contributed by atoms with Crippen LogP contribution in [0, 0.1) is 11.6 Å². The Bertz CT molecular complexity index is 527. The van der Waals surface area contributed by atoms with Gasteiger partial charge in [0, 0.05) is 0 Å². The summed E-state index contributed by atoms with van der Waals surface area (Å²) in [6.07, 6.45) is 0. The summed E-state index contributed by atoms with van der Waals surface area (Å²) in [7, 11) is -4.69. The Labute approximate surface area is 92.5 Å². The Hall–Kier alpha value is -1.55. The van der Waals surface area contributed by atoms with Gasteiger partial charge in [0.25, 0.3) is 0 Å². The molecule has 0 saturated heterocycles. The first-order valence-corrected chi connectivity index (χ1v) is 4.30. The molecule has 1 heterocycles. The van der Waals surface area contributed by atoms with Crippen molar-refractivity contribution < 1.29 is 33.5 Å². The summed E-state index contributed by atoms with van der Waals surface area (Å²) in [6.45, 7) is 0. The lowest BCUT2D eigenvalue weighted by Gasteiger charge is -2.07. The van der Waals surface area contributed by atoms with Crippen molar-refractivity contribution in [3.05, 3.63) is 11.6 Å². The van der Waals surface area contributed by atoms with Crippen molar-refractivity contribution in [3.63, 3.8) is 0 Å². The van der Waals surface area contributed by atoms with Crippen LogP contribution in [0.4, 0.5) is 8.78 Å². The largest absolute Gasteiger partial charge is 0.494 e. The van der Waals surface area contributed by atoms with Crippen molar-refractivity contribution >= 4 is 36.2 Å². The fourth-order valence-corrected chi connectivity index (χ4v) is 1.46. The molecule has 0 aliphatic carbocycles. The Morgan fingerprint density at radius 3 is 1.47 bits per heavy atom. The lowest BCUT2D eigenvalue weighted by atomic mass is 9.72. The third kappa shape index (κ3) is 1.69. The minimum atomic E-state index is -2.34. The van der Waals surface area contributed by atoms with Gasteiger partial charge in [-0.3, -0.25) is 0 Å². The van der Waals surface area contributed by atoms with Crippen LogP contribution in [0.15, 0.2) is 4.63 Å². The maximum Gasteiger partial charge on any atom is 0.494 e. The van der Waals surface area contributed by atoms with Gasteiger partial charge in [0.15, 0.2) is 11.6 Å². The van der Waals surface area contributed by atoms with Crippen LogP contribution in [-0.4, -0.2) is 44.6 Å². The smallest absolute Gasteiger partial charge is 0.423 e. The van der Waals surface area contributed by atoms with Crippen LogP contribution in [0.2, 0.25) is 0 Å². The number of fused-ring (bicyclic) bond motifs is 1. The highest BCUT2D eigenvalue weighted by atomic mass is 19.2. The molecule has 0 saturated carbocycles. The van der Waals surface area contributed by atoms with E-state index in [0.29, 0.717) is 0 Å². The number of aromatic nitrogens is 2. The third-order valence-electron chi connectivity index (χ3n) is 2.18. The van der Waals surface area contributed by atoms with E-state index < -0.39 is 47.8 Å². The summed E-state index contributed by atoms with van der Waals surface area (Å²) in [4.78, 5) is 0. The van der Waals surface area contributed by atoms with E-state index in [2.05, 4.69) is 14.9 Å². The standard InChI is InChI=1S/C6H4B2F2N2O5/c9-3-1(7(13)14)5-6(12-17-11-5)2(4(3)10)8(15)16/h13-16H. The van der Waals surface area contributed by atoms with Gasteiger partial charge in [-0.2, -0.15) is 0 Å². The third-order valence-corrected chi connectivity index (χ3v) is 2.18. The minimum absolute atomic E-state index is 0.498. The van der Waals surface area contributed by atoms with Crippen molar-refractivity contribution in [1.29, 1.82) is 0 Å². The summed E-state index contributed by atoms with van der Waals surface area (Å²) >= 11 is 0. The van der Waals surface area contributed by atoms with Gasteiger partial charge in [0.1, 0.15) is 11.0 Å². The second-order valence-corrected chi connectivity index (χ2v) is 3.16. The number of benzene rings is 1. The highest BCUT2D eigenvalue weighted by Crippen LogP contribution is 2.12. The van der Waals surface area contributed by atoms with Crippen LogP contribution in [0.25, 0.3) is 11.0 Å². The van der Waals surface area contributed by atoms with Crippen LogP contribution in [0.1, 0.15) is 0 Å². The molecule has 2 rings (SSSR count). The average Bonchev–Trinajstić information content (AvgIpc) is 2.66. The molecule has 7 nitrogen and oxygen atoms in total. The summed E-state index contributed by atoms with van der Waals surface area (Å²) < 4.78 is 31.1. The lowest BCUT2D eigenvalue weighted by molar-refractivity contribution is 0.315. The van der Waals surface area contributed by atoms with Crippen molar-refractivity contribution in [1.82, 2.24) is 10.3 Å².